The molecule has 1 aliphatic rings. The number of carbonyl (C=O) groups excluding carboxylic acids is 2. The monoisotopic (exact) mass is 442 g/mol. The van der Waals surface area contributed by atoms with Crippen molar-refractivity contribution >= 4 is 34.0 Å². The van der Waals surface area contributed by atoms with E-state index in [1.54, 1.807) is 6.20 Å². The molecule has 6 nitrogen and oxygen atoms in total. The molecule has 1 aromatic carbocycles. The minimum Gasteiger partial charge on any atom is -0.325 e. The number of rotatable bonds is 9. The minimum atomic E-state index is -0.395. The number of hydrogen-bond donors (Lipinski definition) is 1. The average molecular weight is 443 g/mol. The lowest BCUT2D eigenvalue weighted by atomic mass is 9.94. The summed E-state index contributed by atoms with van der Waals surface area (Å²) in [5, 5.41) is 5.68. The molecule has 0 saturated heterocycles. The molecule has 3 rings (SSSR count). The van der Waals surface area contributed by atoms with E-state index in [0.29, 0.717) is 6.54 Å². The van der Waals surface area contributed by atoms with Crippen molar-refractivity contribution < 1.29 is 9.59 Å². The van der Waals surface area contributed by atoms with Crippen LogP contribution < -0.4 is 10.2 Å². The van der Waals surface area contributed by atoms with Crippen LogP contribution >= 0.6 is 11.3 Å². The van der Waals surface area contributed by atoms with Crippen LogP contribution in [0.1, 0.15) is 57.9 Å². The van der Waals surface area contributed by atoms with Gasteiger partial charge in [0.15, 0.2) is 5.13 Å². The van der Waals surface area contributed by atoms with Crippen molar-refractivity contribution in [2.75, 3.05) is 23.3 Å². The van der Waals surface area contributed by atoms with Crippen molar-refractivity contribution in [1.82, 2.24) is 9.88 Å². The van der Waals surface area contributed by atoms with Crippen LogP contribution in [0.3, 0.4) is 0 Å². The predicted molar refractivity (Wildman–Crippen MR) is 128 cm³/mol. The molecule has 0 spiro atoms. The highest BCUT2D eigenvalue weighted by atomic mass is 32.1. The molecule has 1 N–H and O–H groups in total. The van der Waals surface area contributed by atoms with Crippen molar-refractivity contribution in [3.05, 3.63) is 41.4 Å². The van der Waals surface area contributed by atoms with Gasteiger partial charge in [0.2, 0.25) is 11.8 Å². The number of amides is 2. The van der Waals surface area contributed by atoms with E-state index >= 15 is 0 Å². The van der Waals surface area contributed by atoms with Gasteiger partial charge in [-0.15, -0.1) is 11.3 Å². The molecule has 1 atom stereocenters. The number of nitrogens with one attached hydrogen (secondary N) is 1. The van der Waals surface area contributed by atoms with Gasteiger partial charge in [-0.2, -0.15) is 0 Å². The largest absolute Gasteiger partial charge is 0.325 e. The number of benzene rings is 1. The summed E-state index contributed by atoms with van der Waals surface area (Å²) in [6.45, 7) is 6.84. The van der Waals surface area contributed by atoms with Crippen LogP contribution in [0.2, 0.25) is 0 Å². The Morgan fingerprint density at radius 1 is 1.23 bits per heavy atom. The molecule has 31 heavy (non-hydrogen) atoms. The highest BCUT2D eigenvalue weighted by Gasteiger charge is 2.34. The number of aromatic nitrogens is 1. The Kier molecular flexibility index (Phi) is 8.60. The normalized spacial score (nSPS) is 15.6. The molecular formula is C24H34N4O2S. The first-order valence-electron chi connectivity index (χ1n) is 11.3. The van der Waals surface area contributed by atoms with Gasteiger partial charge in [-0.25, -0.2) is 4.98 Å². The fourth-order valence-corrected chi connectivity index (χ4v) is 4.96. The van der Waals surface area contributed by atoms with Gasteiger partial charge in [-0.1, -0.05) is 44.4 Å². The van der Waals surface area contributed by atoms with Crippen molar-refractivity contribution in [2.45, 2.75) is 71.4 Å². The lowest BCUT2D eigenvalue weighted by molar-refractivity contribution is -0.125. The second-order valence-corrected chi connectivity index (χ2v) is 9.20. The zero-order valence-electron chi connectivity index (χ0n) is 18.8. The standard InChI is InChI=1S/C24H34N4O2S/c1-4-15-27(17-22(29)26-21-13-9-8-10-18(21)2)19(3)23(30)28(24-25-14-16-31-24)20-11-6-5-7-12-20/h8-10,13-14,16,19-20H,4-7,11-12,15,17H2,1-3H3,(H,26,29). The van der Waals surface area contributed by atoms with Gasteiger partial charge >= 0.3 is 0 Å². The molecule has 7 heteroatoms. The highest BCUT2D eigenvalue weighted by Crippen LogP contribution is 2.30. The lowest BCUT2D eigenvalue weighted by Gasteiger charge is -2.37. The van der Waals surface area contributed by atoms with Crippen LogP contribution in [-0.4, -0.2) is 46.9 Å². The molecule has 1 aliphatic carbocycles. The summed E-state index contributed by atoms with van der Waals surface area (Å²) in [4.78, 5) is 34.8. The first-order valence-corrected chi connectivity index (χ1v) is 12.2. The third-order valence-electron chi connectivity index (χ3n) is 5.98. The highest BCUT2D eigenvalue weighted by molar-refractivity contribution is 7.13. The van der Waals surface area contributed by atoms with Gasteiger partial charge in [0, 0.05) is 23.3 Å². The Bertz CT molecular complexity index is 849. The van der Waals surface area contributed by atoms with Gasteiger partial charge in [0.05, 0.1) is 12.6 Å². The van der Waals surface area contributed by atoms with E-state index < -0.39 is 6.04 Å². The molecule has 0 aliphatic heterocycles. The van der Waals surface area contributed by atoms with Gasteiger partial charge < -0.3 is 5.32 Å². The van der Waals surface area contributed by atoms with E-state index in [2.05, 4.69) is 17.2 Å². The Morgan fingerprint density at radius 3 is 2.61 bits per heavy atom. The molecule has 2 aromatic rings. The van der Waals surface area contributed by atoms with Gasteiger partial charge in [-0.05, 0) is 51.3 Å². The molecule has 168 valence electrons. The van der Waals surface area contributed by atoms with Crippen LogP contribution in [0.25, 0.3) is 0 Å². The van der Waals surface area contributed by atoms with E-state index in [4.69, 9.17) is 0 Å². The number of para-hydroxylation sites is 1. The molecule has 1 saturated carbocycles. The SMILES string of the molecule is CCCN(CC(=O)Nc1ccccc1C)C(C)C(=O)N(c1nccs1)C1CCCCC1. The molecule has 1 fully saturated rings. The Morgan fingerprint density at radius 2 is 1.97 bits per heavy atom. The second kappa shape index (κ2) is 11.4. The van der Waals surface area contributed by atoms with Crippen LogP contribution in [0.4, 0.5) is 10.8 Å². The quantitative estimate of drug-likeness (QED) is 0.602. The fraction of sp³-hybridized carbons (Fsp3) is 0.542. The summed E-state index contributed by atoms with van der Waals surface area (Å²) in [6.07, 6.45) is 8.17. The fourth-order valence-electron chi connectivity index (χ4n) is 4.25. The lowest BCUT2D eigenvalue weighted by Crippen LogP contribution is -2.53. The maximum absolute atomic E-state index is 13.7. The summed E-state index contributed by atoms with van der Waals surface area (Å²) in [7, 11) is 0. The van der Waals surface area contributed by atoms with E-state index in [0.717, 1.165) is 48.5 Å². The summed E-state index contributed by atoms with van der Waals surface area (Å²) in [6, 6.07) is 7.54. The summed E-state index contributed by atoms with van der Waals surface area (Å²) in [5.74, 6) is -0.0557. The van der Waals surface area contributed by atoms with Gasteiger partial charge in [0.1, 0.15) is 0 Å². The minimum absolute atomic E-state index is 0.0407. The number of anilines is 2. The van der Waals surface area contributed by atoms with Crippen molar-refractivity contribution in [2.24, 2.45) is 0 Å². The van der Waals surface area contributed by atoms with E-state index in [1.807, 2.05) is 53.3 Å². The Labute approximate surface area is 189 Å². The summed E-state index contributed by atoms with van der Waals surface area (Å²) in [5.41, 5.74) is 1.84. The van der Waals surface area contributed by atoms with Gasteiger partial charge in [0.25, 0.3) is 0 Å². The number of aryl methyl sites for hydroxylation is 1. The zero-order valence-corrected chi connectivity index (χ0v) is 19.7. The Hall–Kier alpha value is -2.25. The molecule has 2 amide bonds. The number of hydrogen-bond acceptors (Lipinski definition) is 5. The molecule has 0 bridgehead atoms. The third-order valence-corrected chi connectivity index (χ3v) is 6.76. The number of nitrogens with zero attached hydrogens (tertiary/aromatic N) is 3. The number of carbonyl (C=O) groups is 2. The molecular weight excluding hydrogens is 408 g/mol. The van der Waals surface area contributed by atoms with E-state index in [-0.39, 0.29) is 24.4 Å². The smallest absolute Gasteiger partial charge is 0.246 e. The Balaban J connectivity index is 1.73. The van der Waals surface area contributed by atoms with Crippen LogP contribution in [0, 0.1) is 6.92 Å². The molecule has 1 aromatic heterocycles. The van der Waals surface area contributed by atoms with Crippen LogP contribution in [-0.2, 0) is 9.59 Å². The van der Waals surface area contributed by atoms with Crippen molar-refractivity contribution in [1.29, 1.82) is 0 Å². The van der Waals surface area contributed by atoms with Crippen molar-refractivity contribution in [3.63, 3.8) is 0 Å². The molecule has 0 radical (unpaired) electrons. The summed E-state index contributed by atoms with van der Waals surface area (Å²) >= 11 is 1.51. The first kappa shape index (κ1) is 23.4. The van der Waals surface area contributed by atoms with Crippen LogP contribution in [0.15, 0.2) is 35.8 Å². The summed E-state index contributed by atoms with van der Waals surface area (Å²) < 4.78 is 0. The van der Waals surface area contributed by atoms with Crippen molar-refractivity contribution in [3.8, 4) is 0 Å². The molecule has 1 heterocycles. The first-order chi connectivity index (χ1) is 15.0. The van der Waals surface area contributed by atoms with Gasteiger partial charge in [-0.3, -0.25) is 19.4 Å². The van der Waals surface area contributed by atoms with Crippen LogP contribution in [0.5, 0.6) is 0 Å². The molecule has 1 unspecified atom stereocenters. The maximum atomic E-state index is 13.7. The van der Waals surface area contributed by atoms with E-state index in [9.17, 15) is 9.59 Å². The topological polar surface area (TPSA) is 65.5 Å². The maximum Gasteiger partial charge on any atom is 0.246 e. The number of thiazole rings is 1. The predicted octanol–water partition coefficient (Wildman–Crippen LogP) is 4.86. The average Bonchev–Trinajstić information content (AvgIpc) is 3.30. The van der Waals surface area contributed by atoms with E-state index in [1.165, 1.54) is 17.8 Å². The third kappa shape index (κ3) is 6.14. The second-order valence-electron chi connectivity index (χ2n) is 8.32. The zero-order chi connectivity index (χ0) is 22.2.